The molecule has 0 unspecified atom stereocenters. The quantitative estimate of drug-likeness (QED) is 0.518. The lowest BCUT2D eigenvalue weighted by molar-refractivity contribution is -0.133. The Balaban J connectivity index is 1.98. The SMILES string of the molecule is C=C(CCl)CN1C2COCC1COC2. The van der Waals surface area contributed by atoms with Crippen molar-refractivity contribution in [2.24, 2.45) is 0 Å². The van der Waals surface area contributed by atoms with Crippen LogP contribution >= 0.6 is 11.6 Å². The molecule has 2 aliphatic heterocycles. The summed E-state index contributed by atoms with van der Waals surface area (Å²) >= 11 is 5.74. The zero-order chi connectivity index (χ0) is 9.97. The van der Waals surface area contributed by atoms with Crippen molar-refractivity contribution in [3.63, 3.8) is 0 Å². The van der Waals surface area contributed by atoms with E-state index in [-0.39, 0.29) is 0 Å². The second-order valence-electron chi connectivity index (χ2n) is 3.94. The van der Waals surface area contributed by atoms with Gasteiger partial charge in [0.25, 0.3) is 0 Å². The monoisotopic (exact) mass is 217 g/mol. The lowest BCUT2D eigenvalue weighted by Gasteiger charge is -2.45. The molecule has 2 bridgehead atoms. The lowest BCUT2D eigenvalue weighted by Crippen LogP contribution is -2.59. The highest BCUT2D eigenvalue weighted by molar-refractivity contribution is 6.19. The van der Waals surface area contributed by atoms with Gasteiger partial charge in [0, 0.05) is 12.4 Å². The molecule has 4 heteroatoms. The number of fused-ring (bicyclic) bond motifs is 2. The number of ether oxygens (including phenoxy) is 2. The van der Waals surface area contributed by atoms with Crippen molar-refractivity contribution in [3.8, 4) is 0 Å². The van der Waals surface area contributed by atoms with Gasteiger partial charge in [-0.25, -0.2) is 0 Å². The van der Waals surface area contributed by atoms with Crippen LogP contribution in [0.15, 0.2) is 12.2 Å². The molecule has 0 aromatic rings. The number of nitrogens with zero attached hydrogens (tertiary/aromatic N) is 1. The molecule has 0 aromatic carbocycles. The molecule has 0 aliphatic carbocycles. The van der Waals surface area contributed by atoms with E-state index in [2.05, 4.69) is 11.5 Å². The fourth-order valence-corrected chi connectivity index (χ4v) is 2.10. The molecule has 0 radical (unpaired) electrons. The van der Waals surface area contributed by atoms with Gasteiger partial charge in [-0.05, 0) is 5.57 Å². The minimum atomic E-state index is 0.391. The van der Waals surface area contributed by atoms with Crippen molar-refractivity contribution in [2.45, 2.75) is 12.1 Å². The van der Waals surface area contributed by atoms with E-state index in [1.165, 1.54) is 0 Å². The summed E-state index contributed by atoms with van der Waals surface area (Å²) in [5.41, 5.74) is 1.07. The summed E-state index contributed by atoms with van der Waals surface area (Å²) in [6.45, 7) is 7.90. The number of rotatable bonds is 3. The number of hydrogen-bond acceptors (Lipinski definition) is 3. The van der Waals surface area contributed by atoms with Gasteiger partial charge in [0.1, 0.15) is 0 Å². The van der Waals surface area contributed by atoms with Crippen LogP contribution in [0.4, 0.5) is 0 Å². The van der Waals surface area contributed by atoms with Crippen molar-refractivity contribution < 1.29 is 9.47 Å². The first-order valence-corrected chi connectivity index (χ1v) is 5.48. The fraction of sp³-hybridized carbons (Fsp3) is 0.800. The molecule has 0 spiro atoms. The van der Waals surface area contributed by atoms with Crippen LogP contribution in [0.25, 0.3) is 0 Å². The summed E-state index contributed by atoms with van der Waals surface area (Å²) in [6.07, 6.45) is 0. The first-order chi connectivity index (χ1) is 6.81. The molecule has 2 heterocycles. The van der Waals surface area contributed by atoms with Crippen LogP contribution in [0.3, 0.4) is 0 Å². The summed E-state index contributed by atoms with van der Waals surface area (Å²) in [5.74, 6) is 0.539. The van der Waals surface area contributed by atoms with E-state index in [0.29, 0.717) is 18.0 Å². The van der Waals surface area contributed by atoms with Crippen LogP contribution in [0.2, 0.25) is 0 Å². The normalized spacial score (nSPS) is 32.9. The standard InChI is InChI=1S/C10H16ClNO2/c1-8(2-11)3-12-9-4-13-6-10(12)7-14-5-9/h9-10H,1-7H2. The Morgan fingerprint density at radius 1 is 1.21 bits per heavy atom. The Morgan fingerprint density at radius 3 is 2.14 bits per heavy atom. The van der Waals surface area contributed by atoms with Crippen molar-refractivity contribution in [3.05, 3.63) is 12.2 Å². The third-order valence-electron chi connectivity index (χ3n) is 2.77. The maximum Gasteiger partial charge on any atom is 0.0645 e. The molecule has 2 saturated heterocycles. The van der Waals surface area contributed by atoms with Gasteiger partial charge in [0.05, 0.1) is 38.5 Å². The van der Waals surface area contributed by atoms with Crippen LogP contribution in [0.1, 0.15) is 0 Å². The average molecular weight is 218 g/mol. The number of morpholine rings is 2. The van der Waals surface area contributed by atoms with Gasteiger partial charge in [-0.1, -0.05) is 6.58 Å². The number of halogens is 1. The van der Waals surface area contributed by atoms with Gasteiger partial charge < -0.3 is 9.47 Å². The van der Waals surface area contributed by atoms with Gasteiger partial charge >= 0.3 is 0 Å². The number of alkyl halides is 1. The van der Waals surface area contributed by atoms with Gasteiger partial charge in [0.2, 0.25) is 0 Å². The molecular weight excluding hydrogens is 202 g/mol. The second-order valence-corrected chi connectivity index (χ2v) is 4.21. The Labute approximate surface area is 89.6 Å². The average Bonchev–Trinajstić information content (AvgIpc) is 2.17. The zero-order valence-corrected chi connectivity index (χ0v) is 9.00. The third kappa shape index (κ3) is 2.11. The van der Waals surface area contributed by atoms with Gasteiger partial charge in [-0.15, -0.1) is 11.6 Å². The second kappa shape index (κ2) is 4.62. The zero-order valence-electron chi connectivity index (χ0n) is 8.25. The van der Waals surface area contributed by atoms with E-state index in [1.54, 1.807) is 0 Å². The molecule has 80 valence electrons. The highest BCUT2D eigenvalue weighted by Crippen LogP contribution is 2.20. The predicted octanol–water partition coefficient (Wildman–Crippen LogP) is 0.881. The predicted molar refractivity (Wildman–Crippen MR) is 55.8 cm³/mol. The van der Waals surface area contributed by atoms with Gasteiger partial charge in [0.15, 0.2) is 0 Å². The minimum Gasteiger partial charge on any atom is -0.378 e. The van der Waals surface area contributed by atoms with E-state index in [0.717, 1.165) is 38.5 Å². The Morgan fingerprint density at radius 2 is 1.71 bits per heavy atom. The van der Waals surface area contributed by atoms with Crippen LogP contribution in [0, 0.1) is 0 Å². The maximum absolute atomic E-state index is 5.74. The Hall–Kier alpha value is -0.0900. The topological polar surface area (TPSA) is 21.7 Å². The highest BCUT2D eigenvalue weighted by Gasteiger charge is 2.35. The highest BCUT2D eigenvalue weighted by atomic mass is 35.5. The Bertz CT molecular complexity index is 200. The largest absolute Gasteiger partial charge is 0.378 e. The summed E-state index contributed by atoms with van der Waals surface area (Å²) in [7, 11) is 0. The van der Waals surface area contributed by atoms with Gasteiger partial charge in [-0.2, -0.15) is 0 Å². The van der Waals surface area contributed by atoms with E-state index in [4.69, 9.17) is 21.1 Å². The third-order valence-corrected chi connectivity index (χ3v) is 3.15. The minimum absolute atomic E-state index is 0.391. The summed E-state index contributed by atoms with van der Waals surface area (Å²) in [5, 5.41) is 0. The Kier molecular flexibility index (Phi) is 3.44. The smallest absolute Gasteiger partial charge is 0.0645 e. The van der Waals surface area contributed by atoms with E-state index in [9.17, 15) is 0 Å². The van der Waals surface area contributed by atoms with Crippen LogP contribution in [-0.4, -0.2) is 55.8 Å². The van der Waals surface area contributed by atoms with Crippen molar-refractivity contribution in [1.82, 2.24) is 4.90 Å². The number of hydrogen-bond donors (Lipinski definition) is 0. The molecule has 14 heavy (non-hydrogen) atoms. The summed E-state index contributed by atoms with van der Waals surface area (Å²) < 4.78 is 11.0. The van der Waals surface area contributed by atoms with Crippen molar-refractivity contribution in [2.75, 3.05) is 38.9 Å². The first-order valence-electron chi connectivity index (χ1n) is 4.95. The molecule has 0 amide bonds. The van der Waals surface area contributed by atoms with E-state index < -0.39 is 0 Å². The van der Waals surface area contributed by atoms with Gasteiger partial charge in [-0.3, -0.25) is 4.90 Å². The van der Waals surface area contributed by atoms with Crippen molar-refractivity contribution >= 4 is 11.6 Å². The molecule has 0 atom stereocenters. The summed E-state index contributed by atoms with van der Waals surface area (Å²) in [6, 6.07) is 0.782. The molecule has 0 N–H and O–H groups in total. The van der Waals surface area contributed by atoms with Crippen LogP contribution in [-0.2, 0) is 9.47 Å². The molecular formula is C10H16ClNO2. The first kappa shape index (κ1) is 10.4. The van der Waals surface area contributed by atoms with Crippen LogP contribution in [0.5, 0.6) is 0 Å². The van der Waals surface area contributed by atoms with Crippen molar-refractivity contribution in [1.29, 1.82) is 0 Å². The molecule has 2 aliphatic rings. The molecule has 0 saturated carbocycles. The van der Waals surface area contributed by atoms with E-state index in [1.807, 2.05) is 0 Å². The molecule has 2 rings (SSSR count). The fourth-order valence-electron chi connectivity index (χ4n) is 2.02. The molecule has 2 fully saturated rings. The van der Waals surface area contributed by atoms with E-state index >= 15 is 0 Å². The lowest BCUT2D eigenvalue weighted by atomic mass is 10.1. The summed E-state index contributed by atoms with van der Waals surface area (Å²) in [4.78, 5) is 2.41. The molecule has 0 aromatic heterocycles. The van der Waals surface area contributed by atoms with Crippen LogP contribution < -0.4 is 0 Å². The maximum atomic E-state index is 5.74. The molecule has 3 nitrogen and oxygen atoms in total.